The van der Waals surface area contributed by atoms with Gasteiger partial charge in [0.1, 0.15) is 12.1 Å². The van der Waals surface area contributed by atoms with Crippen molar-refractivity contribution in [3.05, 3.63) is 76.9 Å². The van der Waals surface area contributed by atoms with Gasteiger partial charge in [-0.15, -0.1) is 0 Å². The first-order chi connectivity index (χ1) is 13.5. The molecule has 3 rings (SSSR count). The molecule has 2 heterocycles. The molecule has 0 saturated heterocycles. The van der Waals surface area contributed by atoms with E-state index < -0.39 is 16.8 Å². The fourth-order valence-electron chi connectivity index (χ4n) is 2.57. The molecule has 1 atom stereocenters. The summed E-state index contributed by atoms with van der Waals surface area (Å²) in [6.45, 7) is -0.0301. The van der Waals surface area contributed by atoms with Crippen molar-refractivity contribution in [2.24, 2.45) is 5.73 Å². The number of aromatic nitrogens is 4. The van der Waals surface area contributed by atoms with E-state index in [-0.39, 0.29) is 24.4 Å². The zero-order chi connectivity index (χ0) is 20.1. The summed E-state index contributed by atoms with van der Waals surface area (Å²) in [4.78, 5) is 16.7. The van der Waals surface area contributed by atoms with E-state index in [9.17, 15) is 13.4 Å². The molecule has 0 aliphatic heterocycles. The zero-order valence-electron chi connectivity index (χ0n) is 14.7. The van der Waals surface area contributed by atoms with Gasteiger partial charge in [0.2, 0.25) is 0 Å². The number of hydrogen-bond acceptors (Lipinski definition) is 5. The van der Waals surface area contributed by atoms with Crippen LogP contribution in [-0.2, 0) is 23.4 Å². The van der Waals surface area contributed by atoms with E-state index in [1.165, 1.54) is 10.9 Å². The molecule has 0 aliphatic carbocycles. The fraction of sp³-hybridized carbons (Fsp3) is 0.167. The zero-order valence-corrected chi connectivity index (χ0v) is 15.6. The lowest BCUT2D eigenvalue weighted by Crippen LogP contribution is -2.26. The van der Waals surface area contributed by atoms with Crippen molar-refractivity contribution in [1.82, 2.24) is 19.3 Å². The first-order valence-electron chi connectivity index (χ1n) is 8.27. The molecule has 10 heteroatoms. The van der Waals surface area contributed by atoms with E-state index in [0.717, 1.165) is 21.4 Å². The molecule has 3 aromatic rings. The Hall–Kier alpha value is -2.95. The summed E-state index contributed by atoms with van der Waals surface area (Å²) in [5, 5.41) is 3.96. The van der Waals surface area contributed by atoms with Crippen LogP contribution < -0.4 is 11.4 Å². The smallest absolute Gasteiger partial charge is 0.327 e. The summed E-state index contributed by atoms with van der Waals surface area (Å²) in [5.41, 5.74) is 7.68. The summed E-state index contributed by atoms with van der Waals surface area (Å²) >= 11 is -1.88. The molecule has 1 aromatic carbocycles. The number of hydrogen-bond donors (Lipinski definition) is 2. The molecule has 0 spiro atoms. The van der Waals surface area contributed by atoms with Crippen LogP contribution in [-0.4, -0.2) is 34.6 Å². The predicted molar refractivity (Wildman–Crippen MR) is 104 cm³/mol. The van der Waals surface area contributed by atoms with Crippen LogP contribution in [0.2, 0.25) is 0 Å². The Labute approximate surface area is 162 Å². The van der Waals surface area contributed by atoms with Crippen LogP contribution in [0.1, 0.15) is 5.56 Å². The van der Waals surface area contributed by atoms with Gasteiger partial charge in [-0.1, -0.05) is 24.3 Å². The minimum absolute atomic E-state index is 0.00421. The second kappa shape index (κ2) is 8.83. The molecule has 1 unspecified atom stereocenters. The average Bonchev–Trinajstić information content (AvgIpc) is 3.06. The van der Waals surface area contributed by atoms with E-state index >= 15 is 0 Å². The van der Waals surface area contributed by atoms with Gasteiger partial charge in [-0.2, -0.15) is 5.10 Å². The molecule has 2 aromatic heterocycles. The van der Waals surface area contributed by atoms with E-state index in [2.05, 4.69) is 10.1 Å². The maximum absolute atomic E-state index is 12.7. The quantitative estimate of drug-likeness (QED) is 0.579. The van der Waals surface area contributed by atoms with Crippen molar-refractivity contribution in [2.45, 2.75) is 12.3 Å². The monoisotopic (exact) mass is 403 g/mol. The van der Waals surface area contributed by atoms with Crippen molar-refractivity contribution in [3.8, 4) is 16.9 Å². The molecule has 0 amide bonds. The second-order valence-corrected chi connectivity index (χ2v) is 6.91. The molecule has 28 heavy (non-hydrogen) atoms. The van der Waals surface area contributed by atoms with Crippen molar-refractivity contribution >= 4 is 11.1 Å². The van der Waals surface area contributed by atoms with Crippen LogP contribution >= 0.6 is 0 Å². The molecule has 0 bridgehead atoms. The van der Waals surface area contributed by atoms with Crippen molar-refractivity contribution in [1.29, 1.82) is 0 Å². The van der Waals surface area contributed by atoms with E-state index in [0.29, 0.717) is 12.1 Å². The number of halogens is 1. The highest BCUT2D eigenvalue weighted by atomic mass is 32.2. The lowest BCUT2D eigenvalue weighted by molar-refractivity contribution is 0.563. The van der Waals surface area contributed by atoms with Gasteiger partial charge in [-0.25, -0.2) is 27.6 Å². The maximum atomic E-state index is 12.7. The number of rotatable bonds is 7. The Kier molecular flexibility index (Phi) is 6.24. The Morgan fingerprint density at radius 1 is 1.21 bits per heavy atom. The van der Waals surface area contributed by atoms with Crippen LogP contribution in [0.15, 0.2) is 65.6 Å². The molecule has 0 saturated carbocycles. The molecule has 8 nitrogen and oxygen atoms in total. The standard InChI is InChI=1S/C18H18FN5O3S/c19-7-14(8-20)10-24-18(25)23(12-22-24)17-6-5-16(9-21-17)15-3-1-13(2-4-15)11-28(26)27/h1-7,9,12H,8,10-11,20H2,(H,26,27)/b14-7-. The van der Waals surface area contributed by atoms with Gasteiger partial charge in [-0.3, -0.25) is 0 Å². The Balaban J connectivity index is 1.80. The van der Waals surface area contributed by atoms with Gasteiger partial charge >= 0.3 is 5.69 Å². The van der Waals surface area contributed by atoms with Crippen LogP contribution in [0.4, 0.5) is 4.39 Å². The van der Waals surface area contributed by atoms with Crippen molar-refractivity contribution in [3.63, 3.8) is 0 Å². The molecule has 0 fully saturated rings. The maximum Gasteiger partial charge on any atom is 0.351 e. The topological polar surface area (TPSA) is 116 Å². The first kappa shape index (κ1) is 19.8. The summed E-state index contributed by atoms with van der Waals surface area (Å²) in [6, 6.07) is 10.7. The van der Waals surface area contributed by atoms with Crippen LogP contribution in [0.5, 0.6) is 0 Å². The largest absolute Gasteiger partial charge is 0.351 e. The number of pyridine rings is 1. The lowest BCUT2D eigenvalue weighted by atomic mass is 10.1. The van der Waals surface area contributed by atoms with Crippen LogP contribution in [0, 0.1) is 0 Å². The van der Waals surface area contributed by atoms with Crippen LogP contribution in [0.25, 0.3) is 16.9 Å². The molecular formula is C18H18FN5O3S. The first-order valence-corrected chi connectivity index (χ1v) is 9.55. The van der Waals surface area contributed by atoms with Gasteiger partial charge in [0, 0.05) is 18.3 Å². The van der Waals surface area contributed by atoms with E-state index in [4.69, 9.17) is 10.3 Å². The number of benzene rings is 1. The Bertz CT molecular complexity index is 1060. The van der Waals surface area contributed by atoms with Gasteiger partial charge in [0.15, 0.2) is 11.1 Å². The highest BCUT2D eigenvalue weighted by molar-refractivity contribution is 7.78. The molecule has 3 N–H and O–H groups in total. The molecule has 0 aliphatic rings. The Morgan fingerprint density at radius 2 is 1.93 bits per heavy atom. The minimum Gasteiger partial charge on any atom is -0.327 e. The molecule has 146 valence electrons. The third-order valence-electron chi connectivity index (χ3n) is 4.07. The summed E-state index contributed by atoms with van der Waals surface area (Å²) in [5.74, 6) is 0.458. The highest BCUT2D eigenvalue weighted by Crippen LogP contribution is 2.20. The predicted octanol–water partition coefficient (Wildman–Crippen LogP) is 1.63. The number of nitrogens with zero attached hydrogens (tertiary/aromatic N) is 4. The van der Waals surface area contributed by atoms with Gasteiger partial charge in [-0.05, 0) is 28.8 Å². The summed E-state index contributed by atoms with van der Waals surface area (Å²) in [7, 11) is 0. The van der Waals surface area contributed by atoms with E-state index in [1.807, 2.05) is 12.1 Å². The SMILES string of the molecule is NC/C(=C/F)Cn1ncn(-c2ccc(-c3ccc(CS(=O)O)cc3)cn2)c1=O. The van der Waals surface area contributed by atoms with E-state index in [1.54, 1.807) is 30.5 Å². The Morgan fingerprint density at radius 3 is 2.50 bits per heavy atom. The fourth-order valence-corrected chi connectivity index (χ4v) is 3.05. The third-order valence-corrected chi connectivity index (χ3v) is 4.66. The van der Waals surface area contributed by atoms with Crippen molar-refractivity contribution < 1.29 is 13.2 Å². The van der Waals surface area contributed by atoms with Gasteiger partial charge < -0.3 is 10.3 Å². The van der Waals surface area contributed by atoms with Crippen LogP contribution in [0.3, 0.4) is 0 Å². The highest BCUT2D eigenvalue weighted by Gasteiger charge is 2.10. The minimum atomic E-state index is -1.88. The number of nitrogens with two attached hydrogens (primary N) is 1. The molecular weight excluding hydrogens is 385 g/mol. The lowest BCUT2D eigenvalue weighted by Gasteiger charge is -2.05. The normalized spacial score (nSPS) is 12.9. The van der Waals surface area contributed by atoms with Crippen molar-refractivity contribution in [2.75, 3.05) is 6.54 Å². The second-order valence-electron chi connectivity index (χ2n) is 5.98. The summed E-state index contributed by atoms with van der Waals surface area (Å²) in [6.07, 6.45) is 3.31. The third kappa shape index (κ3) is 4.47. The van der Waals surface area contributed by atoms with Gasteiger partial charge in [0.25, 0.3) is 0 Å². The summed E-state index contributed by atoms with van der Waals surface area (Å²) < 4.78 is 34.8. The van der Waals surface area contributed by atoms with Gasteiger partial charge in [0.05, 0.1) is 18.6 Å². The average molecular weight is 403 g/mol. The molecule has 0 radical (unpaired) electrons.